The predicted octanol–water partition coefficient (Wildman–Crippen LogP) is 7.80. The van der Waals surface area contributed by atoms with Gasteiger partial charge in [-0.15, -0.1) is 11.3 Å². The van der Waals surface area contributed by atoms with Gasteiger partial charge >= 0.3 is 0 Å². The zero-order chi connectivity index (χ0) is 25.5. The number of anilines is 1. The van der Waals surface area contributed by atoms with Crippen LogP contribution in [0.25, 0.3) is 55.3 Å². The van der Waals surface area contributed by atoms with Crippen molar-refractivity contribution in [1.29, 1.82) is 0 Å². The molecular weight excluding hydrogens is 490 g/mol. The first-order valence-corrected chi connectivity index (χ1v) is 13.9. The van der Waals surface area contributed by atoms with Crippen molar-refractivity contribution >= 4 is 39.1 Å². The third-order valence-electron chi connectivity index (χ3n) is 7.37. The van der Waals surface area contributed by atoms with E-state index in [0.29, 0.717) is 17.4 Å². The summed E-state index contributed by atoms with van der Waals surface area (Å²) < 4.78 is 0. The maximum Gasteiger partial charge on any atom is 0.161 e. The molecule has 0 saturated heterocycles. The van der Waals surface area contributed by atoms with Gasteiger partial charge in [-0.1, -0.05) is 44.0 Å². The second-order valence-corrected chi connectivity index (χ2v) is 10.8. The van der Waals surface area contributed by atoms with Crippen molar-refractivity contribution in [2.75, 3.05) is 5.32 Å². The average molecular weight is 518 g/mol. The standard InChI is InChI=1S/C30H27N7S/c1-18(19-7-3-2-4-8-19)32-21-15-20(16-31-17-21)23-12-13-25-28(33-23)29(37-36-25)30-34-24-10-5-9-22(27(24)35-30)26-11-6-14-38-26/h5-6,9-17,19,32H,1-4,7-8H2,(H,34,35)(H,36,37). The number of pyridine rings is 2. The number of thiophene rings is 1. The van der Waals surface area contributed by atoms with Gasteiger partial charge < -0.3 is 10.3 Å². The van der Waals surface area contributed by atoms with E-state index in [0.717, 1.165) is 50.3 Å². The van der Waals surface area contributed by atoms with Gasteiger partial charge in [0.25, 0.3) is 0 Å². The zero-order valence-corrected chi connectivity index (χ0v) is 21.7. The van der Waals surface area contributed by atoms with Gasteiger partial charge in [-0.25, -0.2) is 9.97 Å². The summed E-state index contributed by atoms with van der Waals surface area (Å²) in [5.41, 5.74) is 9.11. The predicted molar refractivity (Wildman–Crippen MR) is 155 cm³/mol. The van der Waals surface area contributed by atoms with Gasteiger partial charge in [0.15, 0.2) is 11.5 Å². The van der Waals surface area contributed by atoms with E-state index in [1.807, 2.05) is 30.6 Å². The molecule has 1 aliphatic carbocycles. The van der Waals surface area contributed by atoms with Crippen LogP contribution in [-0.4, -0.2) is 30.1 Å². The summed E-state index contributed by atoms with van der Waals surface area (Å²) in [6, 6.07) is 16.5. The largest absolute Gasteiger partial charge is 0.358 e. The van der Waals surface area contributed by atoms with Gasteiger partial charge in [0, 0.05) is 27.9 Å². The molecule has 8 heteroatoms. The molecule has 5 heterocycles. The Morgan fingerprint density at radius 3 is 2.74 bits per heavy atom. The third-order valence-corrected chi connectivity index (χ3v) is 8.27. The minimum atomic E-state index is 0.527. The quantitative estimate of drug-likeness (QED) is 0.209. The van der Waals surface area contributed by atoms with E-state index in [1.54, 1.807) is 11.3 Å². The van der Waals surface area contributed by atoms with Crippen LogP contribution in [0.5, 0.6) is 0 Å². The Labute approximate surface area is 224 Å². The topological polar surface area (TPSA) is 95.2 Å². The SMILES string of the molecule is C=C(Nc1cncc(-c2ccc3[nH]nc(-c4nc5c(-c6cccs6)cccc5[nH]4)c3n2)c1)C1CCCCC1. The minimum Gasteiger partial charge on any atom is -0.358 e. The number of para-hydroxylation sites is 1. The fourth-order valence-electron chi connectivity index (χ4n) is 5.39. The second kappa shape index (κ2) is 9.54. The van der Waals surface area contributed by atoms with Gasteiger partial charge in [0.05, 0.1) is 34.1 Å². The number of nitrogens with one attached hydrogen (secondary N) is 3. The van der Waals surface area contributed by atoms with Crippen molar-refractivity contribution in [1.82, 2.24) is 30.1 Å². The van der Waals surface area contributed by atoms with Gasteiger partial charge in [0.2, 0.25) is 0 Å². The van der Waals surface area contributed by atoms with E-state index >= 15 is 0 Å². The summed E-state index contributed by atoms with van der Waals surface area (Å²) in [5, 5.41) is 13.3. The van der Waals surface area contributed by atoms with Crippen molar-refractivity contribution in [3.8, 4) is 33.2 Å². The molecule has 1 aliphatic rings. The molecule has 6 aromatic rings. The summed E-state index contributed by atoms with van der Waals surface area (Å²) >= 11 is 1.71. The molecule has 0 radical (unpaired) electrons. The first-order chi connectivity index (χ1) is 18.7. The molecule has 0 unspecified atom stereocenters. The minimum absolute atomic E-state index is 0.527. The summed E-state index contributed by atoms with van der Waals surface area (Å²) in [7, 11) is 0. The molecule has 7 nitrogen and oxygen atoms in total. The maximum absolute atomic E-state index is 4.99. The number of hydrogen-bond acceptors (Lipinski definition) is 6. The van der Waals surface area contributed by atoms with Crippen LogP contribution in [0.4, 0.5) is 5.69 Å². The Morgan fingerprint density at radius 2 is 1.87 bits per heavy atom. The van der Waals surface area contributed by atoms with Crippen LogP contribution in [0.2, 0.25) is 0 Å². The number of rotatable bonds is 6. The van der Waals surface area contributed by atoms with E-state index in [1.165, 1.54) is 37.0 Å². The zero-order valence-electron chi connectivity index (χ0n) is 20.9. The number of allylic oxidation sites excluding steroid dienone is 1. The molecule has 3 N–H and O–H groups in total. The number of imidazole rings is 1. The Hall–Kier alpha value is -4.30. The Morgan fingerprint density at radius 1 is 0.947 bits per heavy atom. The van der Waals surface area contributed by atoms with Crippen LogP contribution in [0.15, 0.2) is 78.6 Å². The van der Waals surface area contributed by atoms with E-state index in [4.69, 9.17) is 9.97 Å². The van der Waals surface area contributed by atoms with Crippen LogP contribution >= 0.6 is 11.3 Å². The highest BCUT2D eigenvalue weighted by molar-refractivity contribution is 7.13. The molecule has 0 spiro atoms. The van der Waals surface area contributed by atoms with E-state index < -0.39 is 0 Å². The van der Waals surface area contributed by atoms with Crippen LogP contribution in [0.3, 0.4) is 0 Å². The lowest BCUT2D eigenvalue weighted by atomic mass is 9.87. The summed E-state index contributed by atoms with van der Waals surface area (Å²) in [4.78, 5) is 19.1. The highest BCUT2D eigenvalue weighted by atomic mass is 32.1. The average Bonchev–Trinajstić information content (AvgIpc) is 3.73. The summed E-state index contributed by atoms with van der Waals surface area (Å²) in [5.74, 6) is 1.22. The highest BCUT2D eigenvalue weighted by Gasteiger charge is 2.18. The number of hydrogen-bond donors (Lipinski definition) is 3. The lowest BCUT2D eigenvalue weighted by Gasteiger charge is -2.24. The Balaban J connectivity index is 1.23. The number of fused-ring (bicyclic) bond motifs is 2. The van der Waals surface area contributed by atoms with Gasteiger partial charge in [-0.3, -0.25) is 10.1 Å². The van der Waals surface area contributed by atoms with Crippen molar-refractivity contribution in [2.45, 2.75) is 32.1 Å². The fourth-order valence-corrected chi connectivity index (χ4v) is 6.14. The van der Waals surface area contributed by atoms with Crippen molar-refractivity contribution in [3.05, 3.63) is 78.6 Å². The van der Waals surface area contributed by atoms with Crippen LogP contribution < -0.4 is 5.32 Å². The smallest absolute Gasteiger partial charge is 0.161 e. The van der Waals surface area contributed by atoms with Crippen molar-refractivity contribution in [3.63, 3.8) is 0 Å². The molecule has 0 aliphatic heterocycles. The maximum atomic E-state index is 4.99. The Kier molecular flexibility index (Phi) is 5.74. The van der Waals surface area contributed by atoms with E-state index in [2.05, 4.69) is 67.8 Å². The third kappa shape index (κ3) is 4.16. The van der Waals surface area contributed by atoms with Crippen LogP contribution in [-0.2, 0) is 0 Å². The number of aromatic nitrogens is 6. The lowest BCUT2D eigenvalue weighted by molar-refractivity contribution is 0.405. The molecule has 188 valence electrons. The van der Waals surface area contributed by atoms with Gasteiger partial charge in [-0.05, 0) is 54.5 Å². The number of benzene rings is 1. The first kappa shape index (κ1) is 22.9. The van der Waals surface area contributed by atoms with Crippen molar-refractivity contribution < 1.29 is 0 Å². The second-order valence-electron chi connectivity index (χ2n) is 9.88. The molecule has 1 saturated carbocycles. The molecule has 0 atom stereocenters. The molecule has 1 fully saturated rings. The number of H-pyrrole nitrogens is 2. The van der Waals surface area contributed by atoms with E-state index in [9.17, 15) is 0 Å². The van der Waals surface area contributed by atoms with Crippen LogP contribution in [0, 0.1) is 5.92 Å². The molecule has 0 amide bonds. The number of nitrogens with zero attached hydrogens (tertiary/aromatic N) is 4. The molecule has 38 heavy (non-hydrogen) atoms. The summed E-state index contributed by atoms with van der Waals surface area (Å²) in [6.45, 7) is 4.32. The summed E-state index contributed by atoms with van der Waals surface area (Å²) in [6.07, 6.45) is 9.99. The highest BCUT2D eigenvalue weighted by Crippen LogP contribution is 2.34. The van der Waals surface area contributed by atoms with E-state index in [-0.39, 0.29) is 0 Å². The first-order valence-electron chi connectivity index (χ1n) is 13.0. The fraction of sp³-hybridized carbons (Fsp3) is 0.200. The van der Waals surface area contributed by atoms with Gasteiger partial charge in [-0.2, -0.15) is 5.10 Å². The number of aromatic amines is 2. The van der Waals surface area contributed by atoms with Crippen molar-refractivity contribution in [2.24, 2.45) is 5.92 Å². The van der Waals surface area contributed by atoms with Crippen LogP contribution in [0.1, 0.15) is 32.1 Å². The molecular formula is C30H27N7S. The monoisotopic (exact) mass is 517 g/mol. The lowest BCUT2D eigenvalue weighted by Crippen LogP contribution is -2.14. The molecule has 1 aromatic carbocycles. The molecule has 5 aromatic heterocycles. The molecule has 0 bridgehead atoms. The Bertz CT molecular complexity index is 1760. The molecule has 7 rings (SSSR count). The van der Waals surface area contributed by atoms with Gasteiger partial charge in [0.1, 0.15) is 5.52 Å². The normalized spacial score (nSPS) is 14.3.